The standard InChI is InChI=1S/C19H29NO2/c1-15(17-7-3-2-4-8-17)14-19(22)20-13-5-6-16-9-11-18(21)12-10-16/h9-12,15,17,21H,2-8,13-14H2,1H3,(H,20,22). The molecule has 0 bridgehead atoms. The van der Waals surface area contributed by atoms with Gasteiger partial charge in [0.15, 0.2) is 0 Å². The number of carbonyl (C=O) groups is 1. The Morgan fingerprint density at radius 2 is 1.91 bits per heavy atom. The number of aromatic hydroxyl groups is 1. The Kier molecular flexibility index (Phi) is 6.75. The van der Waals surface area contributed by atoms with Crippen LogP contribution in [0.25, 0.3) is 0 Å². The van der Waals surface area contributed by atoms with E-state index in [1.54, 1.807) is 12.1 Å². The Morgan fingerprint density at radius 3 is 2.59 bits per heavy atom. The van der Waals surface area contributed by atoms with Gasteiger partial charge in [0.25, 0.3) is 0 Å². The first-order valence-corrected chi connectivity index (χ1v) is 8.70. The van der Waals surface area contributed by atoms with E-state index in [4.69, 9.17) is 0 Å². The Balaban J connectivity index is 1.60. The Morgan fingerprint density at radius 1 is 1.23 bits per heavy atom. The molecule has 122 valence electrons. The molecule has 0 heterocycles. The van der Waals surface area contributed by atoms with Gasteiger partial charge in [-0.2, -0.15) is 0 Å². The van der Waals surface area contributed by atoms with Crippen LogP contribution >= 0.6 is 0 Å². The van der Waals surface area contributed by atoms with Crippen molar-refractivity contribution < 1.29 is 9.90 Å². The predicted octanol–water partition coefficient (Wildman–Crippen LogP) is 4.05. The highest BCUT2D eigenvalue weighted by Gasteiger charge is 2.21. The number of aryl methyl sites for hydroxylation is 1. The molecule has 0 aromatic heterocycles. The van der Waals surface area contributed by atoms with Gasteiger partial charge < -0.3 is 10.4 Å². The van der Waals surface area contributed by atoms with E-state index in [-0.39, 0.29) is 5.91 Å². The summed E-state index contributed by atoms with van der Waals surface area (Å²) in [5.41, 5.74) is 1.20. The molecule has 1 fully saturated rings. The van der Waals surface area contributed by atoms with E-state index < -0.39 is 0 Å². The van der Waals surface area contributed by atoms with Crippen molar-refractivity contribution in [1.29, 1.82) is 0 Å². The van der Waals surface area contributed by atoms with Crippen molar-refractivity contribution in [2.24, 2.45) is 11.8 Å². The van der Waals surface area contributed by atoms with Crippen molar-refractivity contribution in [3.63, 3.8) is 0 Å². The van der Waals surface area contributed by atoms with Crippen LogP contribution in [0.15, 0.2) is 24.3 Å². The van der Waals surface area contributed by atoms with Gasteiger partial charge in [0.1, 0.15) is 5.75 Å². The molecular weight excluding hydrogens is 274 g/mol. The van der Waals surface area contributed by atoms with Gasteiger partial charge >= 0.3 is 0 Å². The molecule has 0 saturated heterocycles. The number of benzene rings is 1. The topological polar surface area (TPSA) is 49.3 Å². The minimum Gasteiger partial charge on any atom is -0.508 e. The first-order chi connectivity index (χ1) is 10.6. The van der Waals surface area contributed by atoms with Crippen molar-refractivity contribution in [2.75, 3.05) is 6.54 Å². The van der Waals surface area contributed by atoms with Crippen LogP contribution in [-0.4, -0.2) is 17.6 Å². The minimum atomic E-state index is 0.198. The number of carbonyl (C=O) groups excluding carboxylic acids is 1. The van der Waals surface area contributed by atoms with E-state index in [2.05, 4.69) is 12.2 Å². The molecular formula is C19H29NO2. The van der Waals surface area contributed by atoms with Crippen molar-refractivity contribution in [3.8, 4) is 5.75 Å². The summed E-state index contributed by atoms with van der Waals surface area (Å²) in [7, 11) is 0. The van der Waals surface area contributed by atoms with Gasteiger partial charge in [0.2, 0.25) is 5.91 Å². The summed E-state index contributed by atoms with van der Waals surface area (Å²) in [6.45, 7) is 2.96. The molecule has 1 saturated carbocycles. The number of hydrogen-bond donors (Lipinski definition) is 2. The van der Waals surface area contributed by atoms with E-state index in [1.165, 1.54) is 37.7 Å². The number of amides is 1. The van der Waals surface area contributed by atoms with Crippen LogP contribution in [0.2, 0.25) is 0 Å². The molecule has 0 spiro atoms. The molecule has 1 atom stereocenters. The van der Waals surface area contributed by atoms with Crippen LogP contribution in [0, 0.1) is 11.8 Å². The van der Waals surface area contributed by atoms with Gasteiger partial charge in [-0.15, -0.1) is 0 Å². The van der Waals surface area contributed by atoms with E-state index in [0.29, 0.717) is 18.1 Å². The van der Waals surface area contributed by atoms with E-state index in [0.717, 1.165) is 25.3 Å². The quantitative estimate of drug-likeness (QED) is 0.747. The summed E-state index contributed by atoms with van der Waals surface area (Å²) in [6, 6.07) is 7.28. The highest BCUT2D eigenvalue weighted by molar-refractivity contribution is 5.76. The molecule has 1 aromatic rings. The second-order valence-electron chi connectivity index (χ2n) is 6.70. The number of phenolic OH excluding ortho intramolecular Hbond substituents is 1. The van der Waals surface area contributed by atoms with Crippen LogP contribution in [-0.2, 0) is 11.2 Å². The smallest absolute Gasteiger partial charge is 0.220 e. The molecule has 22 heavy (non-hydrogen) atoms. The van der Waals surface area contributed by atoms with Crippen LogP contribution in [0.5, 0.6) is 5.75 Å². The molecule has 3 nitrogen and oxygen atoms in total. The van der Waals surface area contributed by atoms with Gasteiger partial charge in [-0.1, -0.05) is 51.2 Å². The lowest BCUT2D eigenvalue weighted by Crippen LogP contribution is -2.28. The summed E-state index contributed by atoms with van der Waals surface area (Å²) in [5, 5.41) is 12.3. The van der Waals surface area contributed by atoms with Gasteiger partial charge in [-0.05, 0) is 42.4 Å². The summed E-state index contributed by atoms with van der Waals surface area (Å²) in [6.07, 6.45) is 9.18. The maximum Gasteiger partial charge on any atom is 0.220 e. The van der Waals surface area contributed by atoms with Crippen LogP contribution in [0.4, 0.5) is 0 Å². The summed E-state index contributed by atoms with van der Waals surface area (Å²) < 4.78 is 0. The van der Waals surface area contributed by atoms with E-state index in [1.807, 2.05) is 12.1 Å². The monoisotopic (exact) mass is 303 g/mol. The van der Waals surface area contributed by atoms with Gasteiger partial charge in [0.05, 0.1) is 0 Å². The van der Waals surface area contributed by atoms with Crippen LogP contribution in [0.1, 0.15) is 57.4 Å². The Bertz CT molecular complexity index is 449. The third-order valence-corrected chi connectivity index (χ3v) is 4.86. The molecule has 3 heteroatoms. The Hall–Kier alpha value is -1.51. The summed E-state index contributed by atoms with van der Waals surface area (Å²) in [5.74, 6) is 1.76. The zero-order chi connectivity index (χ0) is 15.8. The zero-order valence-electron chi connectivity index (χ0n) is 13.7. The summed E-state index contributed by atoms with van der Waals surface area (Å²) >= 11 is 0. The van der Waals surface area contributed by atoms with E-state index in [9.17, 15) is 9.90 Å². The molecule has 1 aliphatic carbocycles. The number of rotatable bonds is 7. The number of nitrogens with one attached hydrogen (secondary N) is 1. The third-order valence-electron chi connectivity index (χ3n) is 4.86. The molecule has 1 unspecified atom stereocenters. The van der Waals surface area contributed by atoms with Gasteiger partial charge in [-0.3, -0.25) is 4.79 Å². The van der Waals surface area contributed by atoms with Crippen molar-refractivity contribution >= 4 is 5.91 Å². The largest absolute Gasteiger partial charge is 0.508 e. The normalized spacial score (nSPS) is 17.1. The van der Waals surface area contributed by atoms with Crippen LogP contribution in [0.3, 0.4) is 0 Å². The first-order valence-electron chi connectivity index (χ1n) is 8.70. The van der Waals surface area contributed by atoms with Crippen molar-refractivity contribution in [2.45, 2.75) is 58.3 Å². The molecule has 1 aromatic carbocycles. The van der Waals surface area contributed by atoms with Crippen molar-refractivity contribution in [3.05, 3.63) is 29.8 Å². The van der Waals surface area contributed by atoms with E-state index >= 15 is 0 Å². The molecule has 0 aliphatic heterocycles. The highest BCUT2D eigenvalue weighted by atomic mass is 16.3. The van der Waals surface area contributed by atoms with Gasteiger partial charge in [0, 0.05) is 13.0 Å². The van der Waals surface area contributed by atoms with Gasteiger partial charge in [-0.25, -0.2) is 0 Å². The third kappa shape index (κ3) is 5.70. The predicted molar refractivity (Wildman–Crippen MR) is 89.8 cm³/mol. The lowest BCUT2D eigenvalue weighted by atomic mass is 9.79. The SMILES string of the molecule is CC(CC(=O)NCCCc1ccc(O)cc1)C1CCCCC1. The fourth-order valence-electron chi connectivity index (χ4n) is 3.42. The fourth-order valence-corrected chi connectivity index (χ4v) is 3.42. The number of phenols is 1. The molecule has 2 rings (SSSR count). The molecule has 1 aliphatic rings. The molecule has 2 N–H and O–H groups in total. The second kappa shape index (κ2) is 8.82. The highest BCUT2D eigenvalue weighted by Crippen LogP contribution is 2.31. The second-order valence-corrected chi connectivity index (χ2v) is 6.70. The average molecular weight is 303 g/mol. The Labute approximate surface area is 134 Å². The van der Waals surface area contributed by atoms with Crippen molar-refractivity contribution in [1.82, 2.24) is 5.32 Å². The average Bonchev–Trinajstić information content (AvgIpc) is 2.54. The maximum absolute atomic E-state index is 12.0. The van der Waals surface area contributed by atoms with Crippen LogP contribution < -0.4 is 5.32 Å². The lowest BCUT2D eigenvalue weighted by Gasteiger charge is -2.27. The summed E-state index contributed by atoms with van der Waals surface area (Å²) in [4.78, 5) is 12.0. The zero-order valence-corrected chi connectivity index (χ0v) is 13.7. The first kappa shape index (κ1) is 16.9. The molecule has 1 amide bonds. The number of hydrogen-bond acceptors (Lipinski definition) is 2. The lowest BCUT2D eigenvalue weighted by molar-refractivity contribution is -0.122. The molecule has 0 radical (unpaired) electrons. The fraction of sp³-hybridized carbons (Fsp3) is 0.632. The minimum absolute atomic E-state index is 0.198. The maximum atomic E-state index is 12.0.